The van der Waals surface area contributed by atoms with Crippen LogP contribution in [0.4, 0.5) is 0 Å². The van der Waals surface area contributed by atoms with Gasteiger partial charge in [-0.25, -0.2) is 4.98 Å². The molecule has 0 saturated carbocycles. The zero-order chi connectivity index (χ0) is 17.6. The summed E-state index contributed by atoms with van der Waals surface area (Å²) in [5.74, 6) is 0.0319. The molecule has 3 heterocycles. The second-order valence-electron chi connectivity index (χ2n) is 6.20. The van der Waals surface area contributed by atoms with Crippen LogP contribution < -0.4 is 5.73 Å². The molecule has 1 fully saturated rings. The Labute approximate surface area is 144 Å². The standard InChI is InChI=1S/C18H18N4O3/c1-21-12-6-3-2-5-11(12)20-17(21)13-7-4-10-22(13)18(24)15-9-8-14(25-15)16(19)23/h2-3,5-6,8-9,13H,4,7,10H2,1H3,(H2,19,23). The summed E-state index contributed by atoms with van der Waals surface area (Å²) in [5, 5.41) is 0. The number of nitrogens with two attached hydrogens (primary N) is 1. The van der Waals surface area contributed by atoms with Gasteiger partial charge in [-0.2, -0.15) is 0 Å². The molecule has 0 bridgehead atoms. The van der Waals surface area contributed by atoms with Crippen molar-refractivity contribution in [2.75, 3.05) is 6.54 Å². The van der Waals surface area contributed by atoms with Crippen molar-refractivity contribution in [1.29, 1.82) is 0 Å². The number of fused-ring (bicyclic) bond motifs is 1. The number of aromatic nitrogens is 2. The molecule has 1 aliphatic heterocycles. The Balaban J connectivity index is 1.68. The highest BCUT2D eigenvalue weighted by Crippen LogP contribution is 2.34. The fourth-order valence-electron chi connectivity index (χ4n) is 3.47. The van der Waals surface area contributed by atoms with Gasteiger partial charge in [0.1, 0.15) is 5.82 Å². The molecule has 1 aliphatic rings. The number of para-hydroxylation sites is 2. The third-order valence-electron chi connectivity index (χ3n) is 4.69. The largest absolute Gasteiger partial charge is 0.446 e. The number of rotatable bonds is 3. The second-order valence-corrected chi connectivity index (χ2v) is 6.20. The summed E-state index contributed by atoms with van der Waals surface area (Å²) < 4.78 is 7.33. The van der Waals surface area contributed by atoms with Crippen molar-refractivity contribution in [3.05, 3.63) is 53.7 Å². The molecule has 2 aromatic heterocycles. The zero-order valence-corrected chi connectivity index (χ0v) is 13.8. The van der Waals surface area contributed by atoms with Gasteiger partial charge in [-0.05, 0) is 37.1 Å². The smallest absolute Gasteiger partial charge is 0.290 e. The van der Waals surface area contributed by atoms with Crippen LogP contribution in [0.1, 0.15) is 45.8 Å². The van der Waals surface area contributed by atoms with Crippen LogP contribution in [-0.2, 0) is 7.05 Å². The van der Waals surface area contributed by atoms with Crippen molar-refractivity contribution in [2.24, 2.45) is 12.8 Å². The van der Waals surface area contributed by atoms with Crippen molar-refractivity contribution in [3.63, 3.8) is 0 Å². The van der Waals surface area contributed by atoms with E-state index in [1.807, 2.05) is 35.9 Å². The number of carbonyl (C=O) groups excluding carboxylic acids is 2. The lowest BCUT2D eigenvalue weighted by molar-refractivity contribution is 0.0693. The summed E-state index contributed by atoms with van der Waals surface area (Å²) in [6.45, 7) is 0.624. The lowest BCUT2D eigenvalue weighted by atomic mass is 10.2. The van der Waals surface area contributed by atoms with E-state index < -0.39 is 5.91 Å². The summed E-state index contributed by atoms with van der Waals surface area (Å²) >= 11 is 0. The van der Waals surface area contributed by atoms with Crippen LogP contribution in [-0.4, -0.2) is 32.8 Å². The van der Waals surface area contributed by atoms with Crippen molar-refractivity contribution in [2.45, 2.75) is 18.9 Å². The van der Waals surface area contributed by atoms with Gasteiger partial charge >= 0.3 is 0 Å². The number of imidazole rings is 1. The number of benzene rings is 1. The summed E-state index contributed by atoms with van der Waals surface area (Å²) in [7, 11) is 1.96. The Morgan fingerprint density at radius 2 is 1.96 bits per heavy atom. The average molecular weight is 338 g/mol. The summed E-state index contributed by atoms with van der Waals surface area (Å²) in [4.78, 5) is 30.5. The minimum absolute atomic E-state index is 0.0122. The van der Waals surface area contributed by atoms with E-state index >= 15 is 0 Å². The van der Waals surface area contributed by atoms with Gasteiger partial charge in [-0.15, -0.1) is 0 Å². The first-order valence-corrected chi connectivity index (χ1v) is 8.18. The minimum atomic E-state index is -0.688. The number of likely N-dealkylation sites (tertiary alicyclic amines) is 1. The van der Waals surface area contributed by atoms with E-state index in [-0.39, 0.29) is 23.5 Å². The number of amides is 2. The molecule has 0 aliphatic carbocycles. The van der Waals surface area contributed by atoms with Gasteiger partial charge in [0.05, 0.1) is 17.1 Å². The highest BCUT2D eigenvalue weighted by Gasteiger charge is 2.35. The topological polar surface area (TPSA) is 94.4 Å². The third kappa shape index (κ3) is 2.48. The molecule has 2 amide bonds. The maximum atomic E-state index is 12.8. The Morgan fingerprint density at radius 3 is 2.68 bits per heavy atom. The Bertz CT molecular complexity index is 972. The molecule has 7 heteroatoms. The van der Waals surface area contributed by atoms with Crippen LogP contribution in [0.5, 0.6) is 0 Å². The Kier molecular flexibility index (Phi) is 3.56. The average Bonchev–Trinajstić information content (AvgIpc) is 3.33. The lowest BCUT2D eigenvalue weighted by Gasteiger charge is -2.23. The molecule has 0 spiro atoms. The van der Waals surface area contributed by atoms with Crippen LogP contribution in [0.2, 0.25) is 0 Å². The predicted molar refractivity (Wildman–Crippen MR) is 91.0 cm³/mol. The van der Waals surface area contributed by atoms with Gasteiger partial charge < -0.3 is 19.6 Å². The van der Waals surface area contributed by atoms with Crippen LogP contribution in [0.15, 0.2) is 40.8 Å². The van der Waals surface area contributed by atoms with Gasteiger partial charge in [0, 0.05) is 13.6 Å². The molecule has 1 aromatic carbocycles. The molecule has 0 radical (unpaired) electrons. The van der Waals surface area contributed by atoms with Crippen molar-refractivity contribution >= 4 is 22.8 Å². The minimum Gasteiger partial charge on any atom is -0.446 e. The number of primary amides is 1. The van der Waals surface area contributed by atoms with Crippen LogP contribution in [0.3, 0.4) is 0 Å². The number of hydrogen-bond acceptors (Lipinski definition) is 4. The van der Waals surface area contributed by atoms with E-state index in [1.165, 1.54) is 12.1 Å². The molecule has 25 heavy (non-hydrogen) atoms. The number of hydrogen-bond donors (Lipinski definition) is 1. The number of carbonyl (C=O) groups is 2. The molecule has 3 aromatic rings. The number of aryl methyl sites for hydroxylation is 1. The van der Waals surface area contributed by atoms with Crippen LogP contribution in [0.25, 0.3) is 11.0 Å². The molecule has 4 rings (SSSR count). The van der Waals surface area contributed by atoms with Gasteiger partial charge in [0.15, 0.2) is 11.5 Å². The third-order valence-corrected chi connectivity index (χ3v) is 4.69. The highest BCUT2D eigenvalue weighted by molar-refractivity contribution is 5.95. The first kappa shape index (κ1) is 15.4. The van der Waals surface area contributed by atoms with E-state index in [0.717, 1.165) is 29.7 Å². The van der Waals surface area contributed by atoms with Gasteiger partial charge in [0.25, 0.3) is 11.8 Å². The molecular formula is C18H18N4O3. The first-order chi connectivity index (χ1) is 12.1. The van der Waals surface area contributed by atoms with E-state index in [9.17, 15) is 9.59 Å². The number of nitrogens with zero attached hydrogens (tertiary/aromatic N) is 3. The fourth-order valence-corrected chi connectivity index (χ4v) is 3.47. The Morgan fingerprint density at radius 1 is 1.20 bits per heavy atom. The SMILES string of the molecule is Cn1c(C2CCCN2C(=O)c2ccc(C(N)=O)o2)nc2ccccc21. The first-order valence-electron chi connectivity index (χ1n) is 8.18. The van der Waals surface area contributed by atoms with Crippen molar-refractivity contribution in [1.82, 2.24) is 14.5 Å². The molecule has 128 valence electrons. The maximum absolute atomic E-state index is 12.8. The van der Waals surface area contributed by atoms with E-state index in [0.29, 0.717) is 6.54 Å². The second kappa shape index (κ2) is 5.77. The summed E-state index contributed by atoms with van der Waals surface area (Å²) in [6, 6.07) is 10.7. The normalized spacial score (nSPS) is 17.3. The molecule has 1 atom stereocenters. The lowest BCUT2D eigenvalue weighted by Crippen LogP contribution is -2.31. The van der Waals surface area contributed by atoms with Gasteiger partial charge in [-0.1, -0.05) is 12.1 Å². The Hall–Kier alpha value is -3.09. The molecule has 1 unspecified atom stereocenters. The van der Waals surface area contributed by atoms with E-state index in [4.69, 9.17) is 15.1 Å². The van der Waals surface area contributed by atoms with E-state index in [2.05, 4.69) is 0 Å². The molecular weight excluding hydrogens is 320 g/mol. The molecule has 7 nitrogen and oxygen atoms in total. The van der Waals surface area contributed by atoms with Crippen molar-refractivity contribution in [3.8, 4) is 0 Å². The predicted octanol–water partition coefficient (Wildman–Crippen LogP) is 2.24. The fraction of sp³-hybridized carbons (Fsp3) is 0.278. The highest BCUT2D eigenvalue weighted by atomic mass is 16.4. The van der Waals surface area contributed by atoms with Gasteiger partial charge in [0.2, 0.25) is 0 Å². The monoisotopic (exact) mass is 338 g/mol. The van der Waals surface area contributed by atoms with Crippen molar-refractivity contribution < 1.29 is 14.0 Å². The quantitative estimate of drug-likeness (QED) is 0.792. The van der Waals surface area contributed by atoms with Gasteiger partial charge in [-0.3, -0.25) is 9.59 Å². The zero-order valence-electron chi connectivity index (χ0n) is 13.8. The maximum Gasteiger partial charge on any atom is 0.290 e. The van der Waals surface area contributed by atoms with E-state index in [1.54, 1.807) is 4.90 Å². The molecule has 1 saturated heterocycles. The summed E-state index contributed by atoms with van der Waals surface area (Å²) in [6.07, 6.45) is 1.73. The van der Waals surface area contributed by atoms with Crippen LogP contribution in [0, 0.1) is 0 Å². The molecule has 2 N–H and O–H groups in total. The summed E-state index contributed by atoms with van der Waals surface area (Å²) in [5.41, 5.74) is 7.13. The number of furan rings is 1. The van der Waals surface area contributed by atoms with Crippen LogP contribution >= 0.6 is 0 Å².